The Balaban J connectivity index is 1.16. The molecule has 5 nitrogen and oxygen atoms in total. The third-order valence-corrected chi connectivity index (χ3v) is 7.77. The van der Waals surface area contributed by atoms with Crippen molar-refractivity contribution in [2.45, 2.75) is 57.4 Å². The minimum atomic E-state index is 0.507. The molecule has 0 radical (unpaired) electrons. The monoisotopic (exact) mass is 417 g/mol. The Hall–Kier alpha value is -1.60. The maximum Gasteiger partial charge on any atom is 0.191 e. The van der Waals surface area contributed by atoms with Crippen molar-refractivity contribution in [1.29, 1.82) is 0 Å². The second-order valence-electron chi connectivity index (χ2n) is 7.64. The van der Waals surface area contributed by atoms with Crippen LogP contribution in [-0.4, -0.2) is 43.7 Å². The highest BCUT2D eigenvalue weighted by molar-refractivity contribution is 7.14. The molecular weight excluding hydrogens is 386 g/mol. The number of nitrogens with zero attached hydrogens (tertiary/aromatic N) is 3. The number of aliphatic imine (C=N–C) groups is 1. The molecule has 0 amide bonds. The molecule has 0 spiro atoms. The highest BCUT2D eigenvalue weighted by atomic mass is 32.1. The van der Waals surface area contributed by atoms with Crippen molar-refractivity contribution < 1.29 is 0 Å². The third-order valence-electron chi connectivity index (χ3n) is 5.63. The van der Waals surface area contributed by atoms with E-state index in [1.54, 1.807) is 4.88 Å². The van der Waals surface area contributed by atoms with E-state index in [1.165, 1.54) is 41.4 Å². The van der Waals surface area contributed by atoms with Crippen molar-refractivity contribution in [2.75, 3.05) is 31.6 Å². The number of fused-ring (bicyclic) bond motifs is 1. The number of thiophene rings is 1. The fourth-order valence-electron chi connectivity index (χ4n) is 4.04. The SMILES string of the molecule is CN=C(NCCCc1nc2c(s1)CCCC2)NC1CCN(c2cccs2)CC1. The zero-order chi connectivity index (χ0) is 19.2. The molecule has 152 valence electrons. The molecular formula is C21H31N5S2. The van der Waals surface area contributed by atoms with Crippen LogP contribution in [0.5, 0.6) is 0 Å². The average molecular weight is 418 g/mol. The van der Waals surface area contributed by atoms with Crippen LogP contribution in [0.1, 0.15) is 47.7 Å². The lowest BCUT2D eigenvalue weighted by atomic mass is 10.0. The second-order valence-corrected chi connectivity index (χ2v) is 9.74. The number of guanidine groups is 1. The lowest BCUT2D eigenvalue weighted by molar-refractivity contribution is 0.462. The summed E-state index contributed by atoms with van der Waals surface area (Å²) < 4.78 is 0. The molecule has 2 N–H and O–H groups in total. The topological polar surface area (TPSA) is 52.6 Å². The summed E-state index contributed by atoms with van der Waals surface area (Å²) >= 11 is 3.77. The summed E-state index contributed by atoms with van der Waals surface area (Å²) in [5, 5.41) is 12.0. The molecule has 1 saturated heterocycles. The van der Waals surface area contributed by atoms with Crippen molar-refractivity contribution in [2.24, 2.45) is 4.99 Å². The molecule has 0 bridgehead atoms. The van der Waals surface area contributed by atoms with Crippen molar-refractivity contribution in [3.8, 4) is 0 Å². The van der Waals surface area contributed by atoms with E-state index < -0.39 is 0 Å². The van der Waals surface area contributed by atoms with Crippen LogP contribution in [0.25, 0.3) is 0 Å². The van der Waals surface area contributed by atoms with Crippen LogP contribution in [0.2, 0.25) is 0 Å². The first kappa shape index (κ1) is 19.7. The van der Waals surface area contributed by atoms with Gasteiger partial charge in [-0.25, -0.2) is 4.98 Å². The fourth-order valence-corrected chi connectivity index (χ4v) is 6.02. The van der Waals surface area contributed by atoms with Crippen LogP contribution in [0.3, 0.4) is 0 Å². The van der Waals surface area contributed by atoms with Gasteiger partial charge in [0, 0.05) is 44.0 Å². The summed E-state index contributed by atoms with van der Waals surface area (Å²) in [6.07, 6.45) is 9.56. The summed E-state index contributed by atoms with van der Waals surface area (Å²) in [7, 11) is 1.87. The Bertz CT molecular complexity index is 736. The Labute approximate surface area is 176 Å². The summed E-state index contributed by atoms with van der Waals surface area (Å²) in [5.74, 6) is 0.938. The number of piperidine rings is 1. The Kier molecular flexibility index (Phi) is 6.86. The molecule has 1 fully saturated rings. The number of hydrogen-bond donors (Lipinski definition) is 2. The standard InChI is InChI=1S/C21H31N5S2/c1-22-21(24-16-10-13-26(14-11-16)20-9-5-15-27-20)23-12-4-8-19-25-17-6-2-3-7-18(17)28-19/h5,9,15-16H,2-4,6-8,10-14H2,1H3,(H2,22,23,24). The van der Waals surface area contributed by atoms with E-state index in [1.807, 2.05) is 29.7 Å². The Morgan fingerprint density at radius 1 is 1.29 bits per heavy atom. The Morgan fingerprint density at radius 2 is 2.14 bits per heavy atom. The first-order valence-electron chi connectivity index (χ1n) is 10.5. The maximum absolute atomic E-state index is 4.85. The van der Waals surface area contributed by atoms with Gasteiger partial charge in [-0.05, 0) is 62.5 Å². The van der Waals surface area contributed by atoms with Crippen LogP contribution in [0, 0.1) is 0 Å². The van der Waals surface area contributed by atoms with Gasteiger partial charge in [-0.1, -0.05) is 0 Å². The molecule has 0 saturated carbocycles. The summed E-state index contributed by atoms with van der Waals surface area (Å²) in [6, 6.07) is 4.86. The van der Waals surface area contributed by atoms with Gasteiger partial charge in [-0.15, -0.1) is 22.7 Å². The highest BCUT2D eigenvalue weighted by Crippen LogP contribution is 2.27. The molecule has 4 rings (SSSR count). The van der Waals surface area contributed by atoms with Crippen LogP contribution in [-0.2, 0) is 19.3 Å². The summed E-state index contributed by atoms with van der Waals surface area (Å²) in [4.78, 5) is 13.3. The van der Waals surface area contributed by atoms with E-state index in [4.69, 9.17) is 4.98 Å². The van der Waals surface area contributed by atoms with Gasteiger partial charge >= 0.3 is 0 Å². The van der Waals surface area contributed by atoms with Crippen molar-refractivity contribution in [3.05, 3.63) is 33.1 Å². The predicted molar refractivity (Wildman–Crippen MR) is 121 cm³/mol. The minimum absolute atomic E-state index is 0.507. The molecule has 0 atom stereocenters. The molecule has 2 aromatic heterocycles. The first-order chi connectivity index (χ1) is 13.8. The van der Waals surface area contributed by atoms with Gasteiger partial charge in [0.05, 0.1) is 15.7 Å². The van der Waals surface area contributed by atoms with Crippen LogP contribution in [0.15, 0.2) is 22.5 Å². The van der Waals surface area contributed by atoms with Crippen LogP contribution >= 0.6 is 22.7 Å². The highest BCUT2D eigenvalue weighted by Gasteiger charge is 2.20. The van der Waals surface area contributed by atoms with Gasteiger partial charge in [-0.3, -0.25) is 4.99 Å². The fraction of sp³-hybridized carbons (Fsp3) is 0.619. The molecule has 2 aromatic rings. The van der Waals surface area contributed by atoms with Crippen LogP contribution in [0.4, 0.5) is 5.00 Å². The number of anilines is 1. The van der Waals surface area contributed by atoms with Gasteiger partial charge in [0.25, 0.3) is 0 Å². The summed E-state index contributed by atoms with van der Waals surface area (Å²) in [6.45, 7) is 3.17. The number of nitrogens with one attached hydrogen (secondary N) is 2. The second kappa shape index (κ2) is 9.74. The van der Waals surface area contributed by atoms with E-state index in [0.717, 1.165) is 51.3 Å². The van der Waals surface area contributed by atoms with Crippen LogP contribution < -0.4 is 15.5 Å². The number of thiazole rings is 1. The van der Waals surface area contributed by atoms with Gasteiger partial charge in [0.15, 0.2) is 5.96 Å². The molecule has 3 heterocycles. The van der Waals surface area contributed by atoms with Crippen molar-refractivity contribution >= 4 is 33.6 Å². The normalized spacial score (nSPS) is 18.2. The molecule has 0 unspecified atom stereocenters. The van der Waals surface area contributed by atoms with Gasteiger partial charge < -0.3 is 15.5 Å². The molecule has 2 aliphatic rings. The number of aromatic nitrogens is 1. The van der Waals surface area contributed by atoms with Gasteiger partial charge in [0.1, 0.15) is 0 Å². The van der Waals surface area contributed by atoms with E-state index in [9.17, 15) is 0 Å². The predicted octanol–water partition coefficient (Wildman–Crippen LogP) is 3.85. The molecule has 28 heavy (non-hydrogen) atoms. The molecule has 7 heteroatoms. The number of aryl methyl sites for hydroxylation is 3. The smallest absolute Gasteiger partial charge is 0.191 e. The third kappa shape index (κ3) is 5.06. The van der Waals surface area contributed by atoms with Crippen molar-refractivity contribution in [1.82, 2.24) is 15.6 Å². The Morgan fingerprint density at radius 3 is 2.89 bits per heavy atom. The van der Waals surface area contributed by atoms with E-state index in [-0.39, 0.29) is 0 Å². The quantitative estimate of drug-likeness (QED) is 0.426. The molecule has 1 aliphatic heterocycles. The van der Waals surface area contributed by atoms with E-state index >= 15 is 0 Å². The zero-order valence-electron chi connectivity index (χ0n) is 16.7. The van der Waals surface area contributed by atoms with Gasteiger partial charge in [0.2, 0.25) is 0 Å². The zero-order valence-corrected chi connectivity index (χ0v) is 18.4. The first-order valence-corrected chi connectivity index (χ1v) is 12.2. The molecule has 0 aromatic carbocycles. The molecule has 1 aliphatic carbocycles. The largest absolute Gasteiger partial charge is 0.363 e. The van der Waals surface area contributed by atoms with Crippen molar-refractivity contribution in [3.63, 3.8) is 0 Å². The average Bonchev–Trinajstić information content (AvgIpc) is 3.40. The number of rotatable bonds is 6. The van der Waals surface area contributed by atoms with Gasteiger partial charge in [-0.2, -0.15) is 0 Å². The minimum Gasteiger partial charge on any atom is -0.363 e. The lowest BCUT2D eigenvalue weighted by Gasteiger charge is -2.33. The lowest BCUT2D eigenvalue weighted by Crippen LogP contribution is -2.48. The van der Waals surface area contributed by atoms with E-state index in [2.05, 4.69) is 38.0 Å². The van der Waals surface area contributed by atoms with E-state index in [0.29, 0.717) is 6.04 Å². The maximum atomic E-state index is 4.85. The number of hydrogen-bond acceptors (Lipinski definition) is 5. The summed E-state index contributed by atoms with van der Waals surface area (Å²) in [5.41, 5.74) is 1.38.